The smallest absolute Gasteiger partial charge is 0.340 e. The van der Waals surface area contributed by atoms with E-state index in [1.54, 1.807) is 27.7 Å². The fraction of sp³-hybridized carbons (Fsp3) is 0.733. The highest BCUT2D eigenvalue weighted by molar-refractivity contribution is 6.16. The molecule has 116 valence electrons. The average molecular weight is 294 g/mol. The van der Waals surface area contributed by atoms with Crippen LogP contribution in [-0.2, 0) is 19.1 Å². The number of rotatable bonds is 4. The van der Waals surface area contributed by atoms with Gasteiger partial charge in [-0.15, -0.1) is 0 Å². The molecular formula is C15H22N2O4. The minimum absolute atomic E-state index is 0.298. The van der Waals surface area contributed by atoms with Gasteiger partial charge < -0.3 is 9.47 Å². The van der Waals surface area contributed by atoms with E-state index < -0.39 is 28.4 Å². The van der Waals surface area contributed by atoms with E-state index >= 15 is 0 Å². The second-order valence-corrected chi connectivity index (χ2v) is 6.52. The van der Waals surface area contributed by atoms with Crippen LogP contribution in [0, 0.1) is 5.41 Å². The lowest BCUT2D eigenvalue weighted by molar-refractivity contribution is -0.138. The molecule has 0 aromatic heterocycles. The van der Waals surface area contributed by atoms with Crippen LogP contribution in [-0.4, -0.2) is 34.8 Å². The molecule has 6 nitrogen and oxygen atoms in total. The standard InChI is InChI=1S/C15H22N2O4/c1-7-15(8-2,9-16-13(3,4)11(18)20-9)10-17-14(5,6)12(19)21-10/h7-8H2,1-6H3. The van der Waals surface area contributed by atoms with E-state index in [4.69, 9.17) is 9.47 Å². The summed E-state index contributed by atoms with van der Waals surface area (Å²) in [5.41, 5.74) is -2.60. The molecule has 2 rings (SSSR count). The van der Waals surface area contributed by atoms with Gasteiger partial charge in [-0.05, 0) is 40.5 Å². The molecule has 6 heteroatoms. The number of hydrogen-bond acceptors (Lipinski definition) is 6. The van der Waals surface area contributed by atoms with Gasteiger partial charge in [-0.1, -0.05) is 13.8 Å². The Morgan fingerprint density at radius 1 is 0.857 bits per heavy atom. The molecule has 0 spiro atoms. The van der Waals surface area contributed by atoms with Crippen molar-refractivity contribution in [1.29, 1.82) is 0 Å². The van der Waals surface area contributed by atoms with Gasteiger partial charge in [0.05, 0.1) is 0 Å². The molecule has 2 heterocycles. The normalized spacial score (nSPS) is 23.5. The fourth-order valence-electron chi connectivity index (χ4n) is 2.43. The predicted octanol–water partition coefficient (Wildman–Crippen LogP) is 2.26. The summed E-state index contributed by atoms with van der Waals surface area (Å²) in [6.45, 7) is 10.7. The summed E-state index contributed by atoms with van der Waals surface area (Å²) < 4.78 is 10.8. The Morgan fingerprint density at radius 3 is 1.38 bits per heavy atom. The molecule has 0 bridgehead atoms. The van der Waals surface area contributed by atoms with Crippen LogP contribution in [0.25, 0.3) is 0 Å². The van der Waals surface area contributed by atoms with Crippen molar-refractivity contribution in [2.45, 2.75) is 65.5 Å². The number of nitrogens with zero attached hydrogens (tertiary/aromatic N) is 2. The van der Waals surface area contributed by atoms with E-state index in [2.05, 4.69) is 9.98 Å². The number of esters is 2. The third-order valence-corrected chi connectivity index (χ3v) is 4.17. The van der Waals surface area contributed by atoms with Crippen LogP contribution in [0.1, 0.15) is 54.4 Å². The zero-order chi connectivity index (χ0) is 16.1. The van der Waals surface area contributed by atoms with Crippen LogP contribution in [0.4, 0.5) is 0 Å². The lowest BCUT2D eigenvalue weighted by atomic mass is 9.81. The van der Waals surface area contributed by atoms with Crippen molar-refractivity contribution in [3.05, 3.63) is 0 Å². The number of aliphatic imine (C=N–C) groups is 2. The number of carbonyl (C=O) groups excluding carboxylic acids is 2. The maximum atomic E-state index is 11.9. The molecule has 0 N–H and O–H groups in total. The summed E-state index contributed by atoms with van der Waals surface area (Å²) in [4.78, 5) is 32.6. The van der Waals surface area contributed by atoms with Crippen molar-refractivity contribution in [3.8, 4) is 0 Å². The molecule has 2 aliphatic heterocycles. The molecule has 21 heavy (non-hydrogen) atoms. The first-order valence-electron chi connectivity index (χ1n) is 7.24. The number of carbonyl (C=O) groups is 2. The van der Waals surface area contributed by atoms with Gasteiger partial charge in [0.15, 0.2) is 11.1 Å². The maximum absolute atomic E-state index is 11.9. The van der Waals surface area contributed by atoms with Gasteiger partial charge in [0.2, 0.25) is 11.8 Å². The Labute approximate surface area is 124 Å². The molecule has 0 saturated carbocycles. The van der Waals surface area contributed by atoms with Crippen LogP contribution in [0.15, 0.2) is 9.98 Å². The summed E-state index contributed by atoms with van der Waals surface area (Å²) >= 11 is 0. The van der Waals surface area contributed by atoms with Gasteiger partial charge in [0.25, 0.3) is 0 Å². The van der Waals surface area contributed by atoms with Crippen LogP contribution < -0.4 is 0 Å². The first-order valence-corrected chi connectivity index (χ1v) is 7.24. The van der Waals surface area contributed by atoms with Crippen LogP contribution >= 0.6 is 0 Å². The van der Waals surface area contributed by atoms with Crippen LogP contribution in [0.2, 0.25) is 0 Å². The molecule has 0 aromatic carbocycles. The van der Waals surface area contributed by atoms with Gasteiger partial charge in [0.1, 0.15) is 5.41 Å². The molecule has 0 unspecified atom stereocenters. The van der Waals surface area contributed by atoms with Crippen molar-refractivity contribution in [1.82, 2.24) is 0 Å². The molecular weight excluding hydrogens is 272 g/mol. The van der Waals surface area contributed by atoms with E-state index in [0.29, 0.717) is 24.6 Å². The molecule has 2 aliphatic rings. The second kappa shape index (κ2) is 4.64. The summed E-state index contributed by atoms with van der Waals surface area (Å²) in [5.74, 6) is -0.195. The predicted molar refractivity (Wildman–Crippen MR) is 78.2 cm³/mol. The van der Waals surface area contributed by atoms with Crippen LogP contribution in [0.3, 0.4) is 0 Å². The third-order valence-electron chi connectivity index (χ3n) is 4.17. The Kier molecular flexibility index (Phi) is 3.46. The number of cyclic esters (lactones) is 2. The summed E-state index contributed by atoms with van der Waals surface area (Å²) in [5, 5.41) is 0. The Morgan fingerprint density at radius 2 is 1.19 bits per heavy atom. The minimum Gasteiger partial charge on any atom is -0.409 e. The Hall–Kier alpha value is -1.72. The lowest BCUT2D eigenvalue weighted by Crippen LogP contribution is -2.39. The van der Waals surface area contributed by atoms with Gasteiger partial charge in [0, 0.05) is 0 Å². The van der Waals surface area contributed by atoms with E-state index in [0.717, 1.165) is 0 Å². The van der Waals surface area contributed by atoms with Gasteiger partial charge in [-0.25, -0.2) is 19.6 Å². The second-order valence-electron chi connectivity index (χ2n) is 6.52. The molecule has 0 atom stereocenters. The highest BCUT2D eigenvalue weighted by atomic mass is 16.6. The summed E-state index contributed by atoms with van der Waals surface area (Å²) in [6, 6.07) is 0. The van der Waals surface area contributed by atoms with Crippen LogP contribution in [0.5, 0.6) is 0 Å². The van der Waals surface area contributed by atoms with E-state index in [-0.39, 0.29) is 0 Å². The van der Waals surface area contributed by atoms with Crippen molar-refractivity contribution in [2.24, 2.45) is 15.4 Å². The van der Waals surface area contributed by atoms with Gasteiger partial charge >= 0.3 is 11.9 Å². The monoisotopic (exact) mass is 294 g/mol. The number of ether oxygens (including phenoxy) is 2. The molecule has 0 amide bonds. The van der Waals surface area contributed by atoms with Crippen molar-refractivity contribution >= 4 is 23.7 Å². The lowest BCUT2D eigenvalue weighted by Gasteiger charge is -2.28. The third kappa shape index (κ3) is 2.26. The van der Waals surface area contributed by atoms with Crippen molar-refractivity contribution in [2.75, 3.05) is 0 Å². The van der Waals surface area contributed by atoms with E-state index in [1.807, 2.05) is 13.8 Å². The van der Waals surface area contributed by atoms with Crippen molar-refractivity contribution in [3.63, 3.8) is 0 Å². The maximum Gasteiger partial charge on any atom is 0.340 e. The molecule has 0 fully saturated rings. The largest absolute Gasteiger partial charge is 0.409 e. The van der Waals surface area contributed by atoms with E-state index in [1.165, 1.54) is 0 Å². The molecule has 0 radical (unpaired) electrons. The zero-order valence-electron chi connectivity index (χ0n) is 13.4. The molecule has 0 saturated heterocycles. The Bertz CT molecular complexity index is 508. The quantitative estimate of drug-likeness (QED) is 0.745. The van der Waals surface area contributed by atoms with Gasteiger partial charge in [-0.3, -0.25) is 0 Å². The van der Waals surface area contributed by atoms with Gasteiger partial charge in [-0.2, -0.15) is 0 Å². The fourth-order valence-corrected chi connectivity index (χ4v) is 2.43. The first kappa shape index (κ1) is 15.7. The zero-order valence-corrected chi connectivity index (χ0v) is 13.4. The summed E-state index contributed by atoms with van der Waals surface area (Å²) in [7, 11) is 0. The SMILES string of the molecule is CCC(CC)(C1=NC(C)(C)C(=O)O1)C1=NC(C)(C)C(=O)O1. The molecule has 0 aliphatic carbocycles. The highest BCUT2D eigenvalue weighted by Gasteiger charge is 2.53. The average Bonchev–Trinajstić information content (AvgIpc) is 2.80. The molecule has 0 aromatic rings. The van der Waals surface area contributed by atoms with E-state index in [9.17, 15) is 9.59 Å². The topological polar surface area (TPSA) is 77.3 Å². The summed E-state index contributed by atoms with van der Waals surface area (Å²) in [6.07, 6.45) is 1.15. The highest BCUT2D eigenvalue weighted by Crippen LogP contribution is 2.39. The minimum atomic E-state index is -0.913. The first-order chi connectivity index (χ1) is 9.59. The Balaban J connectivity index is 2.49. The van der Waals surface area contributed by atoms with Crippen molar-refractivity contribution < 1.29 is 19.1 Å². The number of hydrogen-bond donors (Lipinski definition) is 0.